The smallest absolute Gasteiger partial charge is 0.147 e. The minimum atomic E-state index is -0.273. The van der Waals surface area contributed by atoms with Gasteiger partial charge in [-0.1, -0.05) is 0 Å². The van der Waals surface area contributed by atoms with Gasteiger partial charge in [-0.2, -0.15) is 0 Å². The van der Waals surface area contributed by atoms with Gasteiger partial charge in [0.25, 0.3) is 0 Å². The van der Waals surface area contributed by atoms with E-state index < -0.39 is 0 Å². The molecule has 0 radical (unpaired) electrons. The summed E-state index contributed by atoms with van der Waals surface area (Å²) in [6.07, 6.45) is 3.56. The number of benzene rings is 1. The number of amidine groups is 1. The average Bonchev–Trinajstić information content (AvgIpc) is 2.47. The fraction of sp³-hybridized carbons (Fsp3) is 0.562. The molecular weight excluding hydrogens is 267 g/mol. The summed E-state index contributed by atoms with van der Waals surface area (Å²) in [7, 11) is 2.20. The zero-order valence-corrected chi connectivity index (χ0v) is 12.5. The molecule has 0 aromatic heterocycles. The number of anilines is 1. The third-order valence-electron chi connectivity index (χ3n) is 4.95. The lowest BCUT2D eigenvalue weighted by Crippen LogP contribution is -2.52. The molecule has 0 aliphatic carbocycles. The number of rotatable bonds is 2. The first kappa shape index (κ1) is 14.3. The zero-order valence-electron chi connectivity index (χ0n) is 12.5. The molecule has 0 bridgehead atoms. The highest BCUT2D eigenvalue weighted by Crippen LogP contribution is 2.33. The van der Waals surface area contributed by atoms with Crippen LogP contribution in [0.2, 0.25) is 0 Å². The Balaban J connectivity index is 1.78. The summed E-state index contributed by atoms with van der Waals surface area (Å²) in [6, 6.07) is 5.52. The number of likely N-dealkylation sites (tertiary alicyclic amines) is 1. The van der Waals surface area contributed by atoms with E-state index in [2.05, 4.69) is 16.8 Å². The Hall–Kier alpha value is -1.62. The number of nitrogens with two attached hydrogens (primary N) is 1. The molecule has 2 aliphatic heterocycles. The number of halogens is 1. The lowest BCUT2D eigenvalue weighted by Gasteiger charge is -2.46. The Morgan fingerprint density at radius 3 is 2.86 bits per heavy atom. The molecule has 21 heavy (non-hydrogen) atoms. The van der Waals surface area contributed by atoms with E-state index in [-0.39, 0.29) is 11.7 Å². The van der Waals surface area contributed by atoms with Gasteiger partial charge < -0.3 is 15.5 Å². The van der Waals surface area contributed by atoms with Crippen molar-refractivity contribution >= 4 is 11.5 Å². The van der Waals surface area contributed by atoms with E-state index >= 15 is 0 Å². The van der Waals surface area contributed by atoms with Crippen molar-refractivity contribution in [1.82, 2.24) is 4.90 Å². The van der Waals surface area contributed by atoms with Gasteiger partial charge in [-0.3, -0.25) is 5.41 Å². The lowest BCUT2D eigenvalue weighted by molar-refractivity contribution is 0.102. The molecule has 0 spiro atoms. The van der Waals surface area contributed by atoms with Crippen molar-refractivity contribution in [2.24, 2.45) is 11.7 Å². The number of nitrogen functional groups attached to an aromatic ring is 1. The Labute approximate surface area is 125 Å². The van der Waals surface area contributed by atoms with E-state index in [0.29, 0.717) is 23.2 Å². The summed E-state index contributed by atoms with van der Waals surface area (Å²) in [5.41, 5.74) is 6.50. The van der Waals surface area contributed by atoms with Crippen LogP contribution in [0, 0.1) is 17.1 Å². The van der Waals surface area contributed by atoms with Crippen LogP contribution < -0.4 is 10.6 Å². The molecule has 0 amide bonds. The van der Waals surface area contributed by atoms with Crippen LogP contribution in [-0.4, -0.2) is 43.5 Å². The molecule has 4 nitrogen and oxygen atoms in total. The van der Waals surface area contributed by atoms with Crippen LogP contribution in [0.4, 0.5) is 10.1 Å². The maximum Gasteiger partial charge on any atom is 0.147 e. The van der Waals surface area contributed by atoms with Crippen molar-refractivity contribution in [3.05, 3.63) is 29.6 Å². The third kappa shape index (κ3) is 2.75. The van der Waals surface area contributed by atoms with Crippen LogP contribution in [0.15, 0.2) is 18.2 Å². The minimum Gasteiger partial charge on any atom is -0.384 e. The molecule has 1 aromatic rings. The molecule has 0 saturated carbocycles. The molecule has 2 unspecified atom stereocenters. The average molecular weight is 290 g/mol. The van der Waals surface area contributed by atoms with Crippen LogP contribution >= 0.6 is 0 Å². The van der Waals surface area contributed by atoms with Crippen molar-refractivity contribution in [3.63, 3.8) is 0 Å². The lowest BCUT2D eigenvalue weighted by atomic mass is 9.84. The van der Waals surface area contributed by atoms with Gasteiger partial charge in [0.1, 0.15) is 11.7 Å². The van der Waals surface area contributed by atoms with Gasteiger partial charge >= 0.3 is 0 Å². The Morgan fingerprint density at radius 2 is 2.14 bits per heavy atom. The van der Waals surface area contributed by atoms with Crippen LogP contribution in [0.5, 0.6) is 0 Å². The first-order valence-electron chi connectivity index (χ1n) is 7.65. The maximum atomic E-state index is 14.3. The maximum absolute atomic E-state index is 14.3. The predicted octanol–water partition coefficient (Wildman–Crippen LogP) is 2.03. The number of fused-ring (bicyclic) bond motifs is 1. The highest BCUT2D eigenvalue weighted by Gasteiger charge is 2.34. The molecule has 114 valence electrons. The van der Waals surface area contributed by atoms with E-state index in [9.17, 15) is 4.39 Å². The van der Waals surface area contributed by atoms with Gasteiger partial charge in [0, 0.05) is 24.7 Å². The molecule has 3 rings (SSSR count). The van der Waals surface area contributed by atoms with E-state index in [1.807, 2.05) is 0 Å². The van der Waals surface area contributed by atoms with Crippen molar-refractivity contribution in [2.45, 2.75) is 25.3 Å². The number of hydrogen-bond donors (Lipinski definition) is 2. The second kappa shape index (κ2) is 5.64. The topological polar surface area (TPSA) is 56.4 Å². The molecule has 1 aromatic carbocycles. The summed E-state index contributed by atoms with van der Waals surface area (Å²) in [6.45, 7) is 3.00. The summed E-state index contributed by atoms with van der Waals surface area (Å²) in [5, 5.41) is 7.38. The summed E-state index contributed by atoms with van der Waals surface area (Å²) in [4.78, 5) is 4.61. The van der Waals surface area contributed by atoms with Gasteiger partial charge in [0.15, 0.2) is 0 Å². The van der Waals surface area contributed by atoms with Crippen molar-refractivity contribution in [2.75, 3.05) is 31.6 Å². The molecule has 3 N–H and O–H groups in total. The predicted molar refractivity (Wildman–Crippen MR) is 83.4 cm³/mol. The summed E-state index contributed by atoms with van der Waals surface area (Å²) >= 11 is 0. The first-order chi connectivity index (χ1) is 10.1. The quantitative estimate of drug-likeness (QED) is 0.647. The van der Waals surface area contributed by atoms with Crippen molar-refractivity contribution in [3.8, 4) is 0 Å². The van der Waals surface area contributed by atoms with Gasteiger partial charge in [0.05, 0.1) is 5.69 Å². The molecular formula is C16H23FN4. The number of nitrogens with one attached hydrogen (secondary N) is 1. The minimum absolute atomic E-state index is 0.0898. The Morgan fingerprint density at radius 1 is 1.33 bits per heavy atom. The SMILES string of the molecule is CN1CCCC2CN(c3ccc(C(=N)N)cc3F)CCC21. The van der Waals surface area contributed by atoms with Crippen LogP contribution in [0.3, 0.4) is 0 Å². The van der Waals surface area contributed by atoms with Gasteiger partial charge in [0.2, 0.25) is 0 Å². The Bertz CT molecular complexity index is 545. The van der Waals surface area contributed by atoms with Crippen LogP contribution in [0.25, 0.3) is 0 Å². The van der Waals surface area contributed by atoms with Gasteiger partial charge in [-0.15, -0.1) is 0 Å². The molecule has 2 aliphatic rings. The summed E-state index contributed by atoms with van der Waals surface area (Å²) < 4.78 is 14.3. The second-order valence-electron chi connectivity index (χ2n) is 6.26. The van der Waals surface area contributed by atoms with Gasteiger partial charge in [-0.05, 0) is 57.0 Å². The Kier molecular flexibility index (Phi) is 3.85. The van der Waals surface area contributed by atoms with Crippen LogP contribution in [-0.2, 0) is 0 Å². The standard InChI is InChI=1S/C16H23FN4/c1-20-7-2-3-12-10-21(8-6-14(12)20)15-5-4-11(16(18)19)9-13(15)17/h4-5,9,12,14H,2-3,6-8,10H2,1H3,(H3,18,19). The third-order valence-corrected chi connectivity index (χ3v) is 4.95. The highest BCUT2D eigenvalue weighted by atomic mass is 19.1. The molecule has 5 heteroatoms. The first-order valence-corrected chi connectivity index (χ1v) is 7.65. The molecule has 2 heterocycles. The van der Waals surface area contributed by atoms with Crippen molar-refractivity contribution < 1.29 is 4.39 Å². The van der Waals surface area contributed by atoms with Gasteiger partial charge in [-0.25, -0.2) is 4.39 Å². The van der Waals surface area contributed by atoms with E-state index in [0.717, 1.165) is 19.5 Å². The highest BCUT2D eigenvalue weighted by molar-refractivity contribution is 5.95. The second-order valence-corrected chi connectivity index (χ2v) is 6.26. The molecule has 2 saturated heterocycles. The van der Waals surface area contributed by atoms with Crippen molar-refractivity contribution in [1.29, 1.82) is 5.41 Å². The summed E-state index contributed by atoms with van der Waals surface area (Å²) in [5.74, 6) is 0.266. The normalized spacial score (nSPS) is 26.5. The largest absolute Gasteiger partial charge is 0.384 e. The van der Waals surface area contributed by atoms with E-state index in [1.54, 1.807) is 12.1 Å². The number of hydrogen-bond acceptors (Lipinski definition) is 3. The zero-order chi connectivity index (χ0) is 15.0. The monoisotopic (exact) mass is 290 g/mol. The number of nitrogens with zero attached hydrogens (tertiary/aromatic N) is 2. The fourth-order valence-electron chi connectivity index (χ4n) is 3.80. The van der Waals surface area contributed by atoms with E-state index in [1.165, 1.54) is 25.5 Å². The van der Waals surface area contributed by atoms with Crippen LogP contribution in [0.1, 0.15) is 24.8 Å². The molecule has 2 fully saturated rings. The number of piperidine rings is 2. The molecule has 2 atom stereocenters. The van der Waals surface area contributed by atoms with E-state index in [4.69, 9.17) is 11.1 Å². The fourth-order valence-corrected chi connectivity index (χ4v) is 3.80.